The summed E-state index contributed by atoms with van der Waals surface area (Å²) in [5.41, 5.74) is 0. The molecule has 0 amide bonds. The van der Waals surface area contributed by atoms with E-state index in [9.17, 15) is 29.7 Å². The number of hydrogen-bond donors (Lipinski definition) is 3. The third kappa shape index (κ3) is 15.5. The van der Waals surface area contributed by atoms with Crippen molar-refractivity contribution in [2.45, 2.75) is 168 Å². The van der Waals surface area contributed by atoms with Crippen LogP contribution in [0.1, 0.15) is 150 Å². The maximum absolute atomic E-state index is 11.8. The summed E-state index contributed by atoms with van der Waals surface area (Å²) in [7, 11) is 0. The third-order valence-corrected chi connectivity index (χ3v) is 8.54. The lowest BCUT2D eigenvalue weighted by molar-refractivity contribution is -0.968. The Balaban J connectivity index is 4.08. The van der Waals surface area contributed by atoms with Gasteiger partial charge in [0.05, 0.1) is 6.54 Å². The number of hydrogen-bond acceptors (Lipinski definition) is 3. The summed E-state index contributed by atoms with van der Waals surface area (Å²) in [6, 6.07) is -3.39. The van der Waals surface area contributed by atoms with Crippen LogP contribution in [-0.4, -0.2) is 62.4 Å². The summed E-state index contributed by atoms with van der Waals surface area (Å²) in [6.45, 7) is 6.74. The molecule has 0 aliphatic rings. The Morgan fingerprint density at radius 1 is 0.513 bits per heavy atom. The number of allylic oxidation sites excluding steroid dienone is 2. The molecule has 0 aliphatic carbocycles. The molecular weight excluding hydrogens is 494 g/mol. The fourth-order valence-electron chi connectivity index (χ4n) is 5.72. The summed E-state index contributed by atoms with van der Waals surface area (Å²) in [5.74, 6) is -3.53. The Hall–Kier alpha value is -1.89. The molecular formula is C32H60NO6+. The lowest BCUT2D eigenvalue weighted by Gasteiger charge is -2.47. The van der Waals surface area contributed by atoms with Gasteiger partial charge in [-0.2, -0.15) is 0 Å². The van der Waals surface area contributed by atoms with Crippen LogP contribution in [0.25, 0.3) is 0 Å². The van der Waals surface area contributed by atoms with Gasteiger partial charge in [0.15, 0.2) is 18.1 Å². The molecule has 0 aromatic carbocycles. The van der Waals surface area contributed by atoms with E-state index < -0.39 is 40.5 Å². The second kappa shape index (κ2) is 22.9. The van der Waals surface area contributed by atoms with Crippen molar-refractivity contribution in [2.24, 2.45) is 0 Å². The minimum atomic E-state index is -1.18. The number of rotatable bonds is 27. The van der Waals surface area contributed by atoms with E-state index in [1.807, 2.05) is 0 Å². The quantitative estimate of drug-likeness (QED) is 0.0536. The molecule has 7 nitrogen and oxygen atoms in total. The van der Waals surface area contributed by atoms with Crippen molar-refractivity contribution in [3.63, 3.8) is 0 Å². The van der Waals surface area contributed by atoms with Crippen LogP contribution in [0.15, 0.2) is 12.2 Å². The average molecular weight is 555 g/mol. The largest absolute Gasteiger partial charge is 0.477 e. The molecule has 228 valence electrons. The number of carbonyl (C=O) groups is 3. The molecule has 7 heteroatoms. The molecule has 0 fully saturated rings. The van der Waals surface area contributed by atoms with Crippen molar-refractivity contribution in [1.29, 1.82) is 0 Å². The molecule has 0 aliphatic heterocycles. The van der Waals surface area contributed by atoms with E-state index in [4.69, 9.17) is 0 Å². The minimum Gasteiger partial charge on any atom is -0.477 e. The topological polar surface area (TPSA) is 112 Å². The zero-order valence-corrected chi connectivity index (χ0v) is 25.5. The number of unbranched alkanes of at least 4 members (excludes halogenated alkanes) is 17. The third-order valence-electron chi connectivity index (χ3n) is 8.54. The second-order valence-electron chi connectivity index (χ2n) is 11.5. The van der Waals surface area contributed by atoms with E-state index in [0.29, 0.717) is 6.42 Å². The van der Waals surface area contributed by atoms with E-state index in [-0.39, 0.29) is 6.54 Å². The highest BCUT2D eigenvalue weighted by Crippen LogP contribution is 2.27. The van der Waals surface area contributed by atoms with E-state index in [1.54, 1.807) is 0 Å². The Kier molecular flexibility index (Phi) is 21.8. The first-order valence-electron chi connectivity index (χ1n) is 15.8. The SMILES string of the molecule is CCCCCCCCCCCCCCC/C=C/CCCCCC[N+](C(C)C(=O)O)(C(C)C(=O)O)C(C)C(=O)O. The molecule has 39 heavy (non-hydrogen) atoms. The fourth-order valence-corrected chi connectivity index (χ4v) is 5.72. The molecule has 3 unspecified atom stereocenters. The number of nitrogens with zero attached hydrogens (tertiary/aromatic N) is 1. The maximum Gasteiger partial charge on any atom is 0.362 e. The predicted molar refractivity (Wildman–Crippen MR) is 159 cm³/mol. The molecule has 0 rings (SSSR count). The summed E-state index contributed by atoms with van der Waals surface area (Å²) < 4.78 is -0.487. The number of carboxylic acid groups (broad SMARTS) is 3. The van der Waals surface area contributed by atoms with Gasteiger partial charge in [0, 0.05) is 0 Å². The highest BCUT2D eigenvalue weighted by molar-refractivity contribution is 5.77. The van der Waals surface area contributed by atoms with Gasteiger partial charge >= 0.3 is 17.9 Å². The summed E-state index contributed by atoms with van der Waals surface area (Å²) >= 11 is 0. The van der Waals surface area contributed by atoms with Crippen LogP contribution >= 0.6 is 0 Å². The van der Waals surface area contributed by atoms with Crippen LogP contribution in [0.4, 0.5) is 0 Å². The van der Waals surface area contributed by atoms with Gasteiger partial charge in [-0.05, 0) is 59.3 Å². The van der Waals surface area contributed by atoms with Crippen molar-refractivity contribution >= 4 is 17.9 Å². The summed E-state index contributed by atoms with van der Waals surface area (Å²) in [5, 5.41) is 28.9. The maximum atomic E-state index is 11.8. The Morgan fingerprint density at radius 3 is 1.10 bits per heavy atom. The van der Waals surface area contributed by atoms with Gasteiger partial charge in [-0.1, -0.05) is 103 Å². The molecule has 0 saturated carbocycles. The van der Waals surface area contributed by atoms with Gasteiger partial charge in [0.1, 0.15) is 0 Å². The molecule has 3 atom stereocenters. The zero-order valence-electron chi connectivity index (χ0n) is 25.5. The van der Waals surface area contributed by atoms with Crippen LogP contribution < -0.4 is 0 Å². The van der Waals surface area contributed by atoms with Crippen molar-refractivity contribution in [3.8, 4) is 0 Å². The van der Waals surface area contributed by atoms with E-state index >= 15 is 0 Å². The molecule has 0 aromatic rings. The molecule has 0 spiro atoms. The summed E-state index contributed by atoms with van der Waals surface area (Å²) in [6.07, 6.45) is 27.8. The molecule has 0 radical (unpaired) electrons. The lowest BCUT2D eigenvalue weighted by atomic mass is 10.00. The fraction of sp³-hybridized carbons (Fsp3) is 0.844. The summed E-state index contributed by atoms with van der Waals surface area (Å²) in [4.78, 5) is 35.4. The second-order valence-corrected chi connectivity index (χ2v) is 11.5. The van der Waals surface area contributed by atoms with Gasteiger partial charge in [0.2, 0.25) is 0 Å². The van der Waals surface area contributed by atoms with Crippen molar-refractivity contribution in [3.05, 3.63) is 12.2 Å². The molecule has 0 saturated heterocycles. The highest BCUT2D eigenvalue weighted by Gasteiger charge is 2.52. The van der Waals surface area contributed by atoms with Crippen molar-refractivity contribution < 1.29 is 34.2 Å². The van der Waals surface area contributed by atoms with Crippen molar-refractivity contribution in [1.82, 2.24) is 0 Å². The molecule has 0 aromatic heterocycles. The zero-order chi connectivity index (χ0) is 29.5. The first-order valence-corrected chi connectivity index (χ1v) is 15.8. The van der Waals surface area contributed by atoms with Crippen LogP contribution in [0, 0.1) is 0 Å². The van der Waals surface area contributed by atoms with Gasteiger partial charge < -0.3 is 15.3 Å². The molecule has 0 heterocycles. The van der Waals surface area contributed by atoms with Gasteiger partial charge in [-0.3, -0.25) is 4.48 Å². The normalized spacial score (nSPS) is 15.6. The van der Waals surface area contributed by atoms with Gasteiger partial charge in [-0.25, -0.2) is 14.4 Å². The van der Waals surface area contributed by atoms with Crippen LogP contribution in [0.3, 0.4) is 0 Å². The number of aliphatic carboxylic acids is 3. The van der Waals surface area contributed by atoms with Crippen molar-refractivity contribution in [2.75, 3.05) is 6.54 Å². The van der Waals surface area contributed by atoms with Gasteiger partial charge in [-0.15, -0.1) is 0 Å². The van der Waals surface area contributed by atoms with Crippen LogP contribution in [-0.2, 0) is 14.4 Å². The predicted octanol–water partition coefficient (Wildman–Crippen LogP) is 8.21. The van der Waals surface area contributed by atoms with Crippen LogP contribution in [0.2, 0.25) is 0 Å². The van der Waals surface area contributed by atoms with Crippen LogP contribution in [0.5, 0.6) is 0 Å². The average Bonchev–Trinajstić information content (AvgIpc) is 2.90. The first-order chi connectivity index (χ1) is 18.6. The Morgan fingerprint density at radius 2 is 0.795 bits per heavy atom. The van der Waals surface area contributed by atoms with Gasteiger partial charge in [0.25, 0.3) is 0 Å². The lowest BCUT2D eigenvalue weighted by Crippen LogP contribution is -2.70. The minimum absolute atomic E-state index is 0.212. The molecule has 0 bridgehead atoms. The number of carboxylic acids is 3. The smallest absolute Gasteiger partial charge is 0.362 e. The Labute approximate surface area is 238 Å². The monoisotopic (exact) mass is 554 g/mol. The Bertz CT molecular complexity index is 642. The van der Waals surface area contributed by atoms with E-state index in [1.165, 1.54) is 104 Å². The van der Waals surface area contributed by atoms with E-state index in [2.05, 4.69) is 19.1 Å². The molecule has 3 N–H and O–H groups in total. The number of quaternary nitrogens is 1. The first kappa shape index (κ1) is 37.1. The van der Waals surface area contributed by atoms with E-state index in [0.717, 1.165) is 32.1 Å². The highest BCUT2D eigenvalue weighted by atomic mass is 16.4. The standard InChI is InChI=1S/C32H59NO6/c1-5-6-7-8-9-10-11-12-13-14-15-16-17-18-19-20-21-22-23-24-25-26-33(27(2)30(34)35,28(3)31(36)37)29(4)32(38)39/h19-20,27-29H,5-18,21-26H2,1-4H3,(H2-,34,35,36,37,38,39)/p+1/b20-19+.